The van der Waals surface area contributed by atoms with Crippen molar-refractivity contribution in [1.29, 1.82) is 0 Å². The molecule has 0 N–H and O–H groups in total. The second-order valence-corrected chi connectivity index (χ2v) is 4.00. The molecule has 0 radical (unpaired) electrons. The summed E-state index contributed by atoms with van der Waals surface area (Å²) in [5.74, 6) is 0.182. The lowest BCUT2D eigenvalue weighted by Gasteiger charge is -2.18. The first kappa shape index (κ1) is 15.8. The zero-order valence-corrected chi connectivity index (χ0v) is 11.8. The zero-order valence-electron chi connectivity index (χ0n) is 11.8. The summed E-state index contributed by atoms with van der Waals surface area (Å²) in [5, 5.41) is 0. The first-order chi connectivity index (χ1) is 9.52. The predicted molar refractivity (Wildman–Crippen MR) is 70.7 cm³/mol. The van der Waals surface area contributed by atoms with Gasteiger partial charge in [-0.05, 0) is 12.1 Å². The van der Waals surface area contributed by atoms with Gasteiger partial charge in [0, 0.05) is 13.8 Å². The SMILES string of the molecule is COc1ccccc1OCC(COC(C)=O)OC(C)=O. The lowest BCUT2D eigenvalue weighted by molar-refractivity contribution is -0.158. The molecule has 20 heavy (non-hydrogen) atoms. The van der Waals surface area contributed by atoms with E-state index in [0.717, 1.165) is 0 Å². The molecule has 1 rings (SSSR count). The molecule has 1 aromatic carbocycles. The van der Waals surface area contributed by atoms with Gasteiger partial charge in [-0.15, -0.1) is 0 Å². The van der Waals surface area contributed by atoms with Gasteiger partial charge in [-0.3, -0.25) is 9.59 Å². The Labute approximate surface area is 117 Å². The molecule has 1 atom stereocenters. The molecule has 0 aromatic heterocycles. The highest BCUT2D eigenvalue weighted by Crippen LogP contribution is 2.25. The number of benzene rings is 1. The fourth-order valence-electron chi connectivity index (χ4n) is 1.48. The maximum Gasteiger partial charge on any atom is 0.303 e. The minimum absolute atomic E-state index is 0.0515. The van der Waals surface area contributed by atoms with Crippen LogP contribution >= 0.6 is 0 Å². The Balaban J connectivity index is 2.60. The van der Waals surface area contributed by atoms with Crippen molar-refractivity contribution in [3.8, 4) is 11.5 Å². The zero-order chi connectivity index (χ0) is 15.0. The highest BCUT2D eigenvalue weighted by atomic mass is 16.6. The Morgan fingerprint density at radius 2 is 1.70 bits per heavy atom. The first-order valence-electron chi connectivity index (χ1n) is 6.09. The molecule has 6 nitrogen and oxygen atoms in total. The van der Waals surface area contributed by atoms with E-state index in [9.17, 15) is 9.59 Å². The number of carbonyl (C=O) groups excluding carboxylic acids is 2. The molecule has 0 bridgehead atoms. The van der Waals surface area contributed by atoms with Gasteiger partial charge in [0.05, 0.1) is 7.11 Å². The Bertz CT molecular complexity index is 457. The third-order valence-electron chi connectivity index (χ3n) is 2.30. The van der Waals surface area contributed by atoms with Gasteiger partial charge in [-0.2, -0.15) is 0 Å². The van der Waals surface area contributed by atoms with E-state index >= 15 is 0 Å². The van der Waals surface area contributed by atoms with Gasteiger partial charge >= 0.3 is 11.9 Å². The molecular weight excluding hydrogens is 264 g/mol. The minimum atomic E-state index is -0.665. The monoisotopic (exact) mass is 282 g/mol. The number of methoxy groups -OCH3 is 1. The average Bonchev–Trinajstić information content (AvgIpc) is 2.41. The van der Waals surface area contributed by atoms with Crippen molar-refractivity contribution < 1.29 is 28.5 Å². The summed E-state index contributed by atoms with van der Waals surface area (Å²) in [6, 6.07) is 7.09. The molecule has 0 aliphatic carbocycles. The van der Waals surface area contributed by atoms with Gasteiger partial charge in [0.2, 0.25) is 0 Å². The number of carbonyl (C=O) groups is 2. The molecule has 0 aliphatic rings. The molecule has 1 unspecified atom stereocenters. The number of hydrogen-bond donors (Lipinski definition) is 0. The van der Waals surface area contributed by atoms with E-state index in [-0.39, 0.29) is 13.2 Å². The Kier molecular flexibility index (Phi) is 6.36. The van der Waals surface area contributed by atoms with Crippen LogP contribution in [0.2, 0.25) is 0 Å². The van der Waals surface area contributed by atoms with E-state index in [4.69, 9.17) is 18.9 Å². The van der Waals surface area contributed by atoms with Crippen LogP contribution in [0.15, 0.2) is 24.3 Å². The van der Waals surface area contributed by atoms with E-state index in [1.165, 1.54) is 21.0 Å². The fraction of sp³-hybridized carbons (Fsp3) is 0.429. The van der Waals surface area contributed by atoms with Crippen molar-refractivity contribution >= 4 is 11.9 Å². The minimum Gasteiger partial charge on any atom is -0.493 e. The maximum absolute atomic E-state index is 11.0. The van der Waals surface area contributed by atoms with Gasteiger partial charge in [0.15, 0.2) is 17.6 Å². The molecule has 0 aliphatic heterocycles. The molecule has 0 fully saturated rings. The third kappa shape index (κ3) is 5.60. The maximum atomic E-state index is 11.0. The smallest absolute Gasteiger partial charge is 0.303 e. The summed E-state index contributed by atoms with van der Waals surface area (Å²) in [4.78, 5) is 21.8. The van der Waals surface area contributed by atoms with E-state index in [0.29, 0.717) is 11.5 Å². The molecule has 0 amide bonds. The van der Waals surface area contributed by atoms with Crippen LogP contribution in [-0.2, 0) is 19.1 Å². The third-order valence-corrected chi connectivity index (χ3v) is 2.30. The molecular formula is C14H18O6. The van der Waals surface area contributed by atoms with E-state index < -0.39 is 18.0 Å². The van der Waals surface area contributed by atoms with Gasteiger partial charge in [0.1, 0.15) is 13.2 Å². The van der Waals surface area contributed by atoms with Crippen LogP contribution in [0.3, 0.4) is 0 Å². The van der Waals surface area contributed by atoms with Crippen molar-refractivity contribution in [3.05, 3.63) is 24.3 Å². The number of esters is 2. The molecule has 1 aromatic rings. The van der Waals surface area contributed by atoms with Crippen molar-refractivity contribution in [1.82, 2.24) is 0 Å². The number of rotatable bonds is 7. The highest BCUT2D eigenvalue weighted by molar-refractivity contribution is 5.67. The Hall–Kier alpha value is -2.24. The van der Waals surface area contributed by atoms with Gasteiger partial charge in [-0.25, -0.2) is 0 Å². The van der Waals surface area contributed by atoms with Crippen LogP contribution in [0.4, 0.5) is 0 Å². The molecule has 110 valence electrons. The number of hydrogen-bond acceptors (Lipinski definition) is 6. The Morgan fingerprint density at radius 3 is 2.25 bits per heavy atom. The fourth-order valence-corrected chi connectivity index (χ4v) is 1.48. The normalized spacial score (nSPS) is 11.3. The molecule has 0 saturated carbocycles. The van der Waals surface area contributed by atoms with Crippen molar-refractivity contribution in [3.63, 3.8) is 0 Å². The van der Waals surface area contributed by atoms with Gasteiger partial charge < -0.3 is 18.9 Å². The predicted octanol–water partition coefficient (Wildman–Crippen LogP) is 1.57. The number of para-hydroxylation sites is 2. The Morgan fingerprint density at radius 1 is 1.05 bits per heavy atom. The number of ether oxygens (including phenoxy) is 4. The van der Waals surface area contributed by atoms with Crippen molar-refractivity contribution in [2.45, 2.75) is 20.0 Å². The standard InChI is InChI=1S/C14H18O6/c1-10(15)18-8-12(20-11(2)16)9-19-14-7-5-4-6-13(14)17-3/h4-7,12H,8-9H2,1-3H3. The van der Waals surface area contributed by atoms with Crippen LogP contribution in [0.25, 0.3) is 0 Å². The second-order valence-electron chi connectivity index (χ2n) is 4.00. The summed E-state index contributed by atoms with van der Waals surface area (Å²) >= 11 is 0. The lowest BCUT2D eigenvalue weighted by Crippen LogP contribution is -2.29. The summed E-state index contributed by atoms with van der Waals surface area (Å²) in [6.45, 7) is 2.58. The van der Waals surface area contributed by atoms with E-state index in [2.05, 4.69) is 0 Å². The highest BCUT2D eigenvalue weighted by Gasteiger charge is 2.16. The van der Waals surface area contributed by atoms with E-state index in [1.807, 2.05) is 6.07 Å². The summed E-state index contributed by atoms with van der Waals surface area (Å²) in [5.41, 5.74) is 0. The lowest BCUT2D eigenvalue weighted by atomic mass is 10.3. The van der Waals surface area contributed by atoms with Crippen LogP contribution in [-0.4, -0.2) is 38.4 Å². The summed E-state index contributed by atoms with van der Waals surface area (Å²) in [7, 11) is 1.53. The quantitative estimate of drug-likeness (QED) is 0.707. The van der Waals surface area contributed by atoms with Crippen LogP contribution in [0.1, 0.15) is 13.8 Å². The molecule has 0 heterocycles. The molecule has 0 saturated heterocycles. The van der Waals surface area contributed by atoms with Crippen LogP contribution in [0.5, 0.6) is 11.5 Å². The largest absolute Gasteiger partial charge is 0.493 e. The summed E-state index contributed by atoms with van der Waals surface area (Å²) in [6.07, 6.45) is -0.665. The van der Waals surface area contributed by atoms with Crippen molar-refractivity contribution in [2.24, 2.45) is 0 Å². The average molecular weight is 282 g/mol. The second kappa shape index (κ2) is 8.04. The van der Waals surface area contributed by atoms with Crippen LogP contribution < -0.4 is 9.47 Å². The summed E-state index contributed by atoms with van der Waals surface area (Å²) < 4.78 is 20.5. The van der Waals surface area contributed by atoms with Gasteiger partial charge in [0.25, 0.3) is 0 Å². The van der Waals surface area contributed by atoms with Gasteiger partial charge in [-0.1, -0.05) is 12.1 Å². The molecule has 6 heteroatoms. The first-order valence-corrected chi connectivity index (χ1v) is 6.09. The van der Waals surface area contributed by atoms with Crippen LogP contribution in [0, 0.1) is 0 Å². The molecule has 0 spiro atoms. The topological polar surface area (TPSA) is 71.1 Å². The van der Waals surface area contributed by atoms with E-state index in [1.54, 1.807) is 18.2 Å². The van der Waals surface area contributed by atoms with Crippen molar-refractivity contribution in [2.75, 3.05) is 20.3 Å².